The predicted molar refractivity (Wildman–Crippen MR) is 97.4 cm³/mol. The van der Waals surface area contributed by atoms with Crippen LogP contribution in [0.4, 0.5) is 5.82 Å². The highest BCUT2D eigenvalue weighted by atomic mass is 35.5. The fraction of sp³-hybridized carbons (Fsp3) is 0.368. The van der Waals surface area contributed by atoms with E-state index in [1.54, 1.807) is 6.20 Å². The molecule has 126 valence electrons. The number of amides is 1. The number of aryl methyl sites for hydroxylation is 1. The van der Waals surface area contributed by atoms with Crippen LogP contribution in [-0.4, -0.2) is 42.0 Å². The molecular weight excluding hydrogens is 322 g/mol. The van der Waals surface area contributed by atoms with Gasteiger partial charge in [0.2, 0.25) is 5.91 Å². The highest BCUT2D eigenvalue weighted by molar-refractivity contribution is 6.30. The smallest absolute Gasteiger partial charge is 0.222 e. The third-order valence-corrected chi connectivity index (χ3v) is 4.58. The van der Waals surface area contributed by atoms with Crippen LogP contribution in [0.2, 0.25) is 5.02 Å². The summed E-state index contributed by atoms with van der Waals surface area (Å²) in [6, 6.07) is 14.0. The molecule has 24 heavy (non-hydrogen) atoms. The van der Waals surface area contributed by atoms with E-state index in [1.165, 1.54) is 5.56 Å². The molecule has 0 saturated carbocycles. The summed E-state index contributed by atoms with van der Waals surface area (Å²) in [5, 5.41) is 0.645. The molecule has 4 nitrogen and oxygen atoms in total. The summed E-state index contributed by atoms with van der Waals surface area (Å²) in [6.07, 6.45) is 4.01. The molecule has 2 heterocycles. The Bertz CT molecular complexity index is 660. The predicted octanol–water partition coefficient (Wildman–Crippen LogP) is 3.41. The van der Waals surface area contributed by atoms with E-state index in [0.29, 0.717) is 11.4 Å². The largest absolute Gasteiger partial charge is 0.355 e. The number of carbonyl (C=O) groups is 1. The molecule has 0 spiro atoms. The number of rotatable bonds is 4. The van der Waals surface area contributed by atoms with Crippen LogP contribution in [0.1, 0.15) is 18.4 Å². The lowest BCUT2D eigenvalue weighted by molar-refractivity contribution is -0.130. The molecule has 0 atom stereocenters. The van der Waals surface area contributed by atoms with Crippen LogP contribution < -0.4 is 4.90 Å². The van der Waals surface area contributed by atoms with Crippen molar-refractivity contribution >= 4 is 23.3 Å². The highest BCUT2D eigenvalue weighted by Crippen LogP contribution is 2.17. The van der Waals surface area contributed by atoms with Crippen LogP contribution in [0.15, 0.2) is 48.7 Å². The maximum Gasteiger partial charge on any atom is 0.222 e. The van der Waals surface area contributed by atoms with Crippen LogP contribution in [0.5, 0.6) is 0 Å². The van der Waals surface area contributed by atoms with E-state index in [1.807, 2.05) is 35.2 Å². The summed E-state index contributed by atoms with van der Waals surface area (Å²) in [5.41, 5.74) is 1.22. The van der Waals surface area contributed by atoms with E-state index in [9.17, 15) is 4.79 Å². The average molecular weight is 344 g/mol. The minimum absolute atomic E-state index is 0.241. The Morgan fingerprint density at radius 1 is 1.04 bits per heavy atom. The molecule has 0 radical (unpaired) electrons. The molecule has 3 rings (SSSR count). The Balaban J connectivity index is 1.53. The van der Waals surface area contributed by atoms with Gasteiger partial charge in [-0.05, 0) is 30.5 Å². The first kappa shape index (κ1) is 16.8. The van der Waals surface area contributed by atoms with Gasteiger partial charge in [0, 0.05) is 38.8 Å². The van der Waals surface area contributed by atoms with Crippen molar-refractivity contribution in [3.8, 4) is 0 Å². The number of pyridine rings is 1. The van der Waals surface area contributed by atoms with Crippen LogP contribution in [0.3, 0.4) is 0 Å². The first-order valence-corrected chi connectivity index (χ1v) is 8.78. The monoisotopic (exact) mass is 343 g/mol. The van der Waals surface area contributed by atoms with Crippen LogP contribution in [-0.2, 0) is 11.2 Å². The second-order valence-electron chi connectivity index (χ2n) is 6.04. The molecule has 1 aromatic carbocycles. The van der Waals surface area contributed by atoms with E-state index >= 15 is 0 Å². The third-order valence-electron chi connectivity index (χ3n) is 4.35. The first-order chi connectivity index (χ1) is 11.7. The van der Waals surface area contributed by atoms with Gasteiger partial charge in [-0.25, -0.2) is 4.98 Å². The molecular formula is C19H22ClN3O. The summed E-state index contributed by atoms with van der Waals surface area (Å²) in [6.45, 7) is 3.29. The van der Waals surface area contributed by atoms with Crippen LogP contribution >= 0.6 is 11.6 Å². The number of hydrogen-bond donors (Lipinski definition) is 0. The number of nitrogens with zero attached hydrogens (tertiary/aromatic N) is 3. The lowest BCUT2D eigenvalue weighted by Crippen LogP contribution is -2.35. The Morgan fingerprint density at radius 3 is 2.62 bits per heavy atom. The van der Waals surface area contributed by atoms with E-state index in [0.717, 1.165) is 44.8 Å². The summed E-state index contributed by atoms with van der Waals surface area (Å²) in [4.78, 5) is 21.1. The van der Waals surface area contributed by atoms with Crippen molar-refractivity contribution in [3.05, 3.63) is 59.2 Å². The lowest BCUT2D eigenvalue weighted by atomic mass is 10.1. The number of anilines is 1. The van der Waals surface area contributed by atoms with E-state index in [-0.39, 0.29) is 5.91 Å². The van der Waals surface area contributed by atoms with Crippen molar-refractivity contribution in [2.75, 3.05) is 31.1 Å². The Labute approximate surface area is 148 Å². The molecule has 0 bridgehead atoms. The van der Waals surface area contributed by atoms with Crippen LogP contribution in [0, 0.1) is 0 Å². The standard InChI is InChI=1S/C19H22ClN3O/c20-17-8-9-18(21-15-17)22-11-4-12-23(14-13-22)19(24)10-7-16-5-2-1-3-6-16/h1-3,5-6,8-9,15H,4,7,10-14H2. The number of hydrogen-bond acceptors (Lipinski definition) is 3. The van der Waals surface area contributed by atoms with Gasteiger partial charge >= 0.3 is 0 Å². The van der Waals surface area contributed by atoms with Gasteiger partial charge in [0.05, 0.1) is 5.02 Å². The summed E-state index contributed by atoms with van der Waals surface area (Å²) < 4.78 is 0. The van der Waals surface area contributed by atoms with Gasteiger partial charge in [-0.2, -0.15) is 0 Å². The number of carbonyl (C=O) groups excluding carboxylic acids is 1. The maximum absolute atomic E-state index is 12.5. The molecule has 0 aliphatic carbocycles. The Hall–Kier alpha value is -2.07. The first-order valence-electron chi connectivity index (χ1n) is 8.40. The molecule has 0 unspecified atom stereocenters. The van der Waals surface area contributed by atoms with Gasteiger partial charge in [0.25, 0.3) is 0 Å². The fourth-order valence-corrected chi connectivity index (χ4v) is 3.12. The topological polar surface area (TPSA) is 36.4 Å². The second-order valence-corrected chi connectivity index (χ2v) is 6.48. The maximum atomic E-state index is 12.5. The Kier molecular flexibility index (Phi) is 5.70. The van der Waals surface area contributed by atoms with Gasteiger partial charge in [-0.1, -0.05) is 41.9 Å². The SMILES string of the molecule is O=C(CCc1ccccc1)N1CCCN(c2ccc(Cl)cn2)CC1. The zero-order chi connectivity index (χ0) is 16.8. The van der Waals surface area contributed by atoms with Crippen molar-refractivity contribution in [2.24, 2.45) is 0 Å². The van der Waals surface area contributed by atoms with E-state index in [2.05, 4.69) is 22.0 Å². The zero-order valence-corrected chi connectivity index (χ0v) is 14.5. The van der Waals surface area contributed by atoms with Crippen molar-refractivity contribution in [1.29, 1.82) is 0 Å². The van der Waals surface area contributed by atoms with Crippen LogP contribution in [0.25, 0.3) is 0 Å². The van der Waals surface area contributed by atoms with Crippen molar-refractivity contribution in [3.63, 3.8) is 0 Å². The average Bonchev–Trinajstić information content (AvgIpc) is 2.87. The Morgan fingerprint density at radius 2 is 1.88 bits per heavy atom. The second kappa shape index (κ2) is 8.15. The van der Waals surface area contributed by atoms with Crippen molar-refractivity contribution in [1.82, 2.24) is 9.88 Å². The number of aromatic nitrogens is 1. The highest BCUT2D eigenvalue weighted by Gasteiger charge is 2.19. The third kappa shape index (κ3) is 4.48. The number of halogens is 1. The molecule has 1 fully saturated rings. The molecule has 1 saturated heterocycles. The summed E-state index contributed by atoms with van der Waals surface area (Å²) in [5.74, 6) is 1.17. The van der Waals surface area contributed by atoms with Crippen molar-refractivity contribution in [2.45, 2.75) is 19.3 Å². The fourth-order valence-electron chi connectivity index (χ4n) is 3.01. The van der Waals surface area contributed by atoms with Gasteiger partial charge in [0.15, 0.2) is 0 Å². The molecule has 5 heteroatoms. The van der Waals surface area contributed by atoms with Gasteiger partial charge in [0.1, 0.15) is 5.82 Å². The molecule has 1 amide bonds. The molecule has 1 aliphatic rings. The van der Waals surface area contributed by atoms with Gasteiger partial charge in [-0.3, -0.25) is 4.79 Å². The van der Waals surface area contributed by atoms with Gasteiger partial charge < -0.3 is 9.80 Å². The quantitative estimate of drug-likeness (QED) is 0.853. The number of benzene rings is 1. The molecule has 2 aromatic rings. The summed E-state index contributed by atoms with van der Waals surface area (Å²) in [7, 11) is 0. The zero-order valence-electron chi connectivity index (χ0n) is 13.7. The lowest BCUT2D eigenvalue weighted by Gasteiger charge is -2.23. The minimum Gasteiger partial charge on any atom is -0.355 e. The van der Waals surface area contributed by atoms with E-state index < -0.39 is 0 Å². The molecule has 1 aliphatic heterocycles. The van der Waals surface area contributed by atoms with Crippen molar-refractivity contribution < 1.29 is 4.79 Å². The molecule has 1 aromatic heterocycles. The van der Waals surface area contributed by atoms with E-state index in [4.69, 9.17) is 11.6 Å². The normalized spacial score (nSPS) is 15.2. The summed E-state index contributed by atoms with van der Waals surface area (Å²) >= 11 is 5.90. The minimum atomic E-state index is 0.241. The van der Waals surface area contributed by atoms with Gasteiger partial charge in [-0.15, -0.1) is 0 Å². The molecule has 0 N–H and O–H groups in total.